The first-order chi connectivity index (χ1) is 9.37. The second kappa shape index (κ2) is 5.56. The summed E-state index contributed by atoms with van der Waals surface area (Å²) in [6.07, 6.45) is 1.47. The minimum atomic E-state index is -0.459. The molecule has 1 aromatic rings. The minimum Gasteiger partial charge on any atom is -0.444 e. The van der Waals surface area contributed by atoms with E-state index in [1.54, 1.807) is 11.1 Å². The van der Waals surface area contributed by atoms with Crippen LogP contribution in [-0.4, -0.2) is 47.8 Å². The number of anilines is 2. The smallest absolute Gasteiger partial charge is 0.410 e. The number of carbonyl (C=O) groups is 1. The fourth-order valence-corrected chi connectivity index (χ4v) is 2.10. The van der Waals surface area contributed by atoms with Gasteiger partial charge in [-0.2, -0.15) is 0 Å². The largest absolute Gasteiger partial charge is 0.444 e. The molecule has 0 radical (unpaired) electrons. The van der Waals surface area contributed by atoms with Gasteiger partial charge in [-0.25, -0.2) is 9.78 Å². The van der Waals surface area contributed by atoms with Gasteiger partial charge in [0.15, 0.2) is 5.82 Å². The molecule has 1 saturated heterocycles. The number of amides is 1. The van der Waals surface area contributed by atoms with E-state index >= 15 is 0 Å². The van der Waals surface area contributed by atoms with Crippen molar-refractivity contribution in [1.82, 2.24) is 9.88 Å². The molecular weight excluding hydrogens is 256 g/mol. The predicted molar refractivity (Wildman–Crippen MR) is 78.7 cm³/mol. The first-order valence-electron chi connectivity index (χ1n) is 6.80. The van der Waals surface area contributed by atoms with E-state index in [1.165, 1.54) is 0 Å². The lowest BCUT2D eigenvalue weighted by atomic mass is 10.2. The second-order valence-corrected chi connectivity index (χ2v) is 5.87. The van der Waals surface area contributed by atoms with Crippen molar-refractivity contribution in [2.24, 2.45) is 0 Å². The van der Waals surface area contributed by atoms with Crippen LogP contribution in [0.15, 0.2) is 18.3 Å². The summed E-state index contributed by atoms with van der Waals surface area (Å²) in [5, 5.41) is 0. The molecule has 1 fully saturated rings. The van der Waals surface area contributed by atoms with Gasteiger partial charge in [0.25, 0.3) is 0 Å². The maximum absolute atomic E-state index is 12.0. The number of carbonyl (C=O) groups excluding carboxylic acids is 1. The quantitative estimate of drug-likeness (QED) is 0.847. The third-order valence-corrected chi connectivity index (χ3v) is 3.05. The molecule has 6 heteroatoms. The SMILES string of the molecule is CC(C)(C)OC(=O)N1CCN(c2ncccc2N)CC1. The maximum atomic E-state index is 12.0. The third-order valence-electron chi connectivity index (χ3n) is 3.05. The Morgan fingerprint density at radius 1 is 1.30 bits per heavy atom. The number of hydrogen-bond acceptors (Lipinski definition) is 5. The van der Waals surface area contributed by atoms with Crippen molar-refractivity contribution < 1.29 is 9.53 Å². The van der Waals surface area contributed by atoms with Crippen LogP contribution in [0.1, 0.15) is 20.8 Å². The maximum Gasteiger partial charge on any atom is 0.410 e. The highest BCUT2D eigenvalue weighted by Gasteiger charge is 2.26. The number of hydrogen-bond donors (Lipinski definition) is 1. The van der Waals surface area contributed by atoms with Crippen LogP contribution in [0.4, 0.5) is 16.3 Å². The van der Waals surface area contributed by atoms with Crippen molar-refractivity contribution >= 4 is 17.6 Å². The predicted octanol–water partition coefficient (Wildman–Crippen LogP) is 1.72. The Morgan fingerprint density at radius 3 is 2.50 bits per heavy atom. The molecule has 1 amide bonds. The number of ether oxygens (including phenoxy) is 1. The first kappa shape index (κ1) is 14.4. The normalized spacial score (nSPS) is 16.1. The molecule has 0 saturated carbocycles. The molecular formula is C14H22N4O2. The molecule has 0 bridgehead atoms. The van der Waals surface area contributed by atoms with Crippen molar-refractivity contribution in [3.63, 3.8) is 0 Å². The van der Waals surface area contributed by atoms with Crippen molar-refractivity contribution in [2.45, 2.75) is 26.4 Å². The Balaban J connectivity index is 1.93. The summed E-state index contributed by atoms with van der Waals surface area (Å²) in [6, 6.07) is 3.65. The lowest BCUT2D eigenvalue weighted by Crippen LogP contribution is -2.50. The van der Waals surface area contributed by atoms with E-state index in [-0.39, 0.29) is 6.09 Å². The first-order valence-corrected chi connectivity index (χ1v) is 6.80. The number of nitrogens with zero attached hydrogens (tertiary/aromatic N) is 3. The van der Waals surface area contributed by atoms with Crippen LogP contribution in [0, 0.1) is 0 Å². The number of pyridine rings is 1. The van der Waals surface area contributed by atoms with Gasteiger partial charge in [-0.15, -0.1) is 0 Å². The monoisotopic (exact) mass is 278 g/mol. The van der Waals surface area contributed by atoms with Gasteiger partial charge < -0.3 is 20.3 Å². The van der Waals surface area contributed by atoms with Gasteiger partial charge >= 0.3 is 6.09 Å². The second-order valence-electron chi connectivity index (χ2n) is 5.87. The fraction of sp³-hybridized carbons (Fsp3) is 0.571. The van der Waals surface area contributed by atoms with E-state index in [0.29, 0.717) is 31.9 Å². The summed E-state index contributed by atoms with van der Waals surface area (Å²) in [5.74, 6) is 0.788. The highest BCUT2D eigenvalue weighted by atomic mass is 16.6. The Kier molecular flexibility index (Phi) is 4.01. The van der Waals surface area contributed by atoms with E-state index in [9.17, 15) is 4.79 Å². The van der Waals surface area contributed by atoms with Gasteiger partial charge in [-0.05, 0) is 32.9 Å². The van der Waals surface area contributed by atoms with Crippen LogP contribution >= 0.6 is 0 Å². The van der Waals surface area contributed by atoms with E-state index in [1.807, 2.05) is 32.9 Å². The molecule has 1 aliphatic rings. The highest BCUT2D eigenvalue weighted by Crippen LogP contribution is 2.21. The van der Waals surface area contributed by atoms with Gasteiger partial charge in [0.2, 0.25) is 0 Å². The molecule has 6 nitrogen and oxygen atoms in total. The summed E-state index contributed by atoms with van der Waals surface area (Å²) in [5.41, 5.74) is 6.13. The number of rotatable bonds is 1. The van der Waals surface area contributed by atoms with Gasteiger partial charge in [-0.3, -0.25) is 0 Å². The van der Waals surface area contributed by atoms with E-state index in [4.69, 9.17) is 10.5 Å². The number of piperazine rings is 1. The molecule has 0 spiro atoms. The van der Waals surface area contributed by atoms with Crippen molar-refractivity contribution in [3.05, 3.63) is 18.3 Å². The molecule has 0 aromatic carbocycles. The zero-order chi connectivity index (χ0) is 14.8. The lowest BCUT2D eigenvalue weighted by Gasteiger charge is -2.36. The van der Waals surface area contributed by atoms with Crippen LogP contribution in [-0.2, 0) is 4.74 Å². The Labute approximate surface area is 119 Å². The molecule has 1 aromatic heterocycles. The number of nitrogen functional groups attached to an aromatic ring is 1. The molecule has 0 aliphatic carbocycles. The Morgan fingerprint density at radius 2 is 1.95 bits per heavy atom. The van der Waals surface area contributed by atoms with Crippen molar-refractivity contribution in [3.8, 4) is 0 Å². The van der Waals surface area contributed by atoms with Gasteiger partial charge in [0, 0.05) is 32.4 Å². The minimum absolute atomic E-state index is 0.258. The van der Waals surface area contributed by atoms with E-state index in [0.717, 1.165) is 5.82 Å². The highest BCUT2D eigenvalue weighted by molar-refractivity contribution is 5.69. The van der Waals surface area contributed by atoms with Gasteiger partial charge in [0.1, 0.15) is 5.60 Å². The van der Waals surface area contributed by atoms with Gasteiger partial charge in [-0.1, -0.05) is 0 Å². The van der Waals surface area contributed by atoms with Crippen LogP contribution in [0.5, 0.6) is 0 Å². The molecule has 2 N–H and O–H groups in total. The third kappa shape index (κ3) is 3.53. The Hall–Kier alpha value is -1.98. The van der Waals surface area contributed by atoms with Gasteiger partial charge in [0.05, 0.1) is 5.69 Å². The summed E-state index contributed by atoms with van der Waals surface area (Å²) in [4.78, 5) is 20.1. The Bertz CT molecular complexity index is 476. The molecule has 0 unspecified atom stereocenters. The summed E-state index contributed by atoms with van der Waals surface area (Å²) in [7, 11) is 0. The lowest BCUT2D eigenvalue weighted by molar-refractivity contribution is 0.0240. The average Bonchev–Trinajstić information content (AvgIpc) is 2.37. The van der Waals surface area contributed by atoms with Crippen LogP contribution in [0.3, 0.4) is 0 Å². The van der Waals surface area contributed by atoms with E-state index in [2.05, 4.69) is 9.88 Å². The summed E-state index contributed by atoms with van der Waals surface area (Å²) >= 11 is 0. The van der Waals surface area contributed by atoms with E-state index < -0.39 is 5.60 Å². The molecule has 1 aliphatic heterocycles. The summed E-state index contributed by atoms with van der Waals surface area (Å²) in [6.45, 7) is 8.26. The standard InChI is InChI=1S/C14H22N4O2/c1-14(2,3)20-13(19)18-9-7-17(8-10-18)12-11(15)5-4-6-16-12/h4-6H,7-10,15H2,1-3H3. The zero-order valence-electron chi connectivity index (χ0n) is 12.3. The molecule has 20 heavy (non-hydrogen) atoms. The van der Waals surface area contributed by atoms with Crippen LogP contribution < -0.4 is 10.6 Å². The topological polar surface area (TPSA) is 71.7 Å². The van der Waals surface area contributed by atoms with Crippen molar-refractivity contribution in [2.75, 3.05) is 36.8 Å². The fourth-order valence-electron chi connectivity index (χ4n) is 2.10. The molecule has 2 heterocycles. The van der Waals surface area contributed by atoms with Crippen molar-refractivity contribution in [1.29, 1.82) is 0 Å². The van der Waals surface area contributed by atoms with Crippen LogP contribution in [0.2, 0.25) is 0 Å². The number of aromatic nitrogens is 1. The molecule has 0 atom stereocenters. The zero-order valence-corrected chi connectivity index (χ0v) is 12.3. The molecule has 2 rings (SSSR count). The average molecular weight is 278 g/mol. The number of nitrogens with two attached hydrogens (primary N) is 1. The molecule has 110 valence electrons. The van der Waals surface area contributed by atoms with Crippen LogP contribution in [0.25, 0.3) is 0 Å². The summed E-state index contributed by atoms with van der Waals surface area (Å²) < 4.78 is 5.37.